The molecule has 126 valence electrons. The molecule has 0 spiro atoms. The molecular formula is C16H22ClN3O3. The summed E-state index contributed by atoms with van der Waals surface area (Å²) in [7, 11) is 3.53. The SMILES string of the molecule is CN(C)C(=O)CCC1CCCN(c2ccc(Cl)c(C(=O)O)n2)C1. The Balaban J connectivity index is 2.02. The minimum absolute atomic E-state index is 0.117. The van der Waals surface area contributed by atoms with E-state index in [0.29, 0.717) is 18.2 Å². The molecule has 1 saturated heterocycles. The Kier molecular flexibility index (Phi) is 5.82. The fourth-order valence-corrected chi connectivity index (χ4v) is 3.00. The number of carboxylic acid groups (broad SMARTS) is 1. The molecule has 2 rings (SSSR count). The van der Waals surface area contributed by atoms with Crippen molar-refractivity contribution in [3.05, 3.63) is 22.8 Å². The molecule has 1 fully saturated rings. The molecule has 1 atom stereocenters. The molecular weight excluding hydrogens is 318 g/mol. The summed E-state index contributed by atoms with van der Waals surface area (Å²) in [6, 6.07) is 3.33. The van der Waals surface area contributed by atoms with E-state index in [9.17, 15) is 9.59 Å². The second kappa shape index (κ2) is 7.64. The van der Waals surface area contributed by atoms with Crippen LogP contribution in [0.25, 0.3) is 0 Å². The van der Waals surface area contributed by atoms with Crippen LogP contribution >= 0.6 is 11.6 Å². The number of nitrogens with zero attached hydrogens (tertiary/aromatic N) is 3. The number of hydrogen-bond donors (Lipinski definition) is 1. The zero-order valence-corrected chi connectivity index (χ0v) is 14.2. The van der Waals surface area contributed by atoms with Gasteiger partial charge in [0.15, 0.2) is 5.69 Å². The Hall–Kier alpha value is -1.82. The van der Waals surface area contributed by atoms with Crippen molar-refractivity contribution in [2.45, 2.75) is 25.7 Å². The lowest BCUT2D eigenvalue weighted by atomic mass is 9.93. The molecule has 0 aromatic carbocycles. The van der Waals surface area contributed by atoms with Gasteiger partial charge in [0.1, 0.15) is 5.82 Å². The normalized spacial score (nSPS) is 17.9. The average molecular weight is 340 g/mol. The van der Waals surface area contributed by atoms with Gasteiger partial charge in [0, 0.05) is 33.6 Å². The largest absolute Gasteiger partial charge is 0.476 e. The highest BCUT2D eigenvalue weighted by molar-refractivity contribution is 6.33. The Morgan fingerprint density at radius 3 is 2.83 bits per heavy atom. The van der Waals surface area contributed by atoms with Gasteiger partial charge < -0.3 is 14.9 Å². The van der Waals surface area contributed by atoms with Crippen LogP contribution in [-0.2, 0) is 4.79 Å². The van der Waals surface area contributed by atoms with Crippen molar-refractivity contribution in [1.82, 2.24) is 9.88 Å². The van der Waals surface area contributed by atoms with Crippen LogP contribution in [-0.4, -0.2) is 54.1 Å². The van der Waals surface area contributed by atoms with Crippen LogP contribution in [0.15, 0.2) is 12.1 Å². The second-order valence-electron chi connectivity index (χ2n) is 6.09. The van der Waals surface area contributed by atoms with E-state index in [1.54, 1.807) is 31.1 Å². The van der Waals surface area contributed by atoms with E-state index in [1.807, 2.05) is 0 Å². The maximum absolute atomic E-state index is 11.7. The number of halogens is 1. The van der Waals surface area contributed by atoms with Crippen LogP contribution in [0.5, 0.6) is 0 Å². The molecule has 0 bridgehead atoms. The highest BCUT2D eigenvalue weighted by atomic mass is 35.5. The van der Waals surface area contributed by atoms with E-state index in [2.05, 4.69) is 9.88 Å². The predicted molar refractivity (Wildman–Crippen MR) is 89.1 cm³/mol. The number of aromatic carboxylic acids is 1. The zero-order valence-electron chi connectivity index (χ0n) is 13.5. The van der Waals surface area contributed by atoms with Crippen molar-refractivity contribution >= 4 is 29.3 Å². The van der Waals surface area contributed by atoms with E-state index in [-0.39, 0.29) is 16.6 Å². The number of piperidine rings is 1. The number of pyridine rings is 1. The molecule has 7 heteroatoms. The molecule has 1 aromatic rings. The maximum atomic E-state index is 11.7. The van der Waals surface area contributed by atoms with E-state index in [0.717, 1.165) is 32.4 Å². The number of aromatic nitrogens is 1. The third-order valence-electron chi connectivity index (χ3n) is 4.14. The standard InChI is InChI=1S/C16H22ClN3O3/c1-19(2)14(21)8-5-11-4-3-9-20(10-11)13-7-6-12(17)15(18-13)16(22)23/h6-7,11H,3-5,8-10H2,1-2H3,(H,22,23). The molecule has 1 unspecified atom stereocenters. The Morgan fingerprint density at radius 2 is 2.17 bits per heavy atom. The molecule has 1 aromatic heterocycles. The topological polar surface area (TPSA) is 73.7 Å². The molecule has 0 radical (unpaired) electrons. The zero-order chi connectivity index (χ0) is 17.0. The van der Waals surface area contributed by atoms with Gasteiger partial charge >= 0.3 is 5.97 Å². The fraction of sp³-hybridized carbons (Fsp3) is 0.562. The van der Waals surface area contributed by atoms with Gasteiger partial charge in [-0.1, -0.05) is 11.6 Å². The van der Waals surface area contributed by atoms with Gasteiger partial charge in [-0.2, -0.15) is 0 Å². The smallest absolute Gasteiger partial charge is 0.356 e. The maximum Gasteiger partial charge on any atom is 0.356 e. The molecule has 2 heterocycles. The summed E-state index contributed by atoms with van der Waals surface area (Å²) in [5, 5.41) is 9.27. The van der Waals surface area contributed by atoms with Crippen molar-refractivity contribution in [1.29, 1.82) is 0 Å². The van der Waals surface area contributed by atoms with Crippen LogP contribution in [0.4, 0.5) is 5.82 Å². The Labute approximate surface area is 141 Å². The summed E-state index contributed by atoms with van der Waals surface area (Å²) in [5.41, 5.74) is -0.117. The number of carbonyl (C=O) groups is 2. The summed E-state index contributed by atoms with van der Waals surface area (Å²) in [4.78, 5) is 30.7. The van der Waals surface area contributed by atoms with Crippen molar-refractivity contribution in [3.8, 4) is 0 Å². The predicted octanol–water partition coefficient (Wildman–Crippen LogP) is 2.52. The number of carbonyl (C=O) groups excluding carboxylic acids is 1. The highest BCUT2D eigenvalue weighted by Gasteiger charge is 2.23. The van der Waals surface area contributed by atoms with Gasteiger partial charge in [0.25, 0.3) is 0 Å². The lowest BCUT2D eigenvalue weighted by Gasteiger charge is -2.33. The molecule has 1 aliphatic heterocycles. The Bertz CT molecular complexity index is 592. The van der Waals surface area contributed by atoms with Crippen LogP contribution in [0, 0.1) is 5.92 Å². The van der Waals surface area contributed by atoms with Crippen molar-refractivity contribution in [2.24, 2.45) is 5.92 Å². The van der Waals surface area contributed by atoms with Gasteiger partial charge in [-0.05, 0) is 37.3 Å². The summed E-state index contributed by atoms with van der Waals surface area (Å²) < 4.78 is 0. The molecule has 0 saturated carbocycles. The quantitative estimate of drug-likeness (QED) is 0.892. The molecule has 0 aliphatic carbocycles. The summed E-state index contributed by atoms with van der Waals surface area (Å²) in [6.45, 7) is 1.63. The number of carboxylic acids is 1. The fourth-order valence-electron chi connectivity index (χ4n) is 2.82. The minimum atomic E-state index is -1.12. The highest BCUT2D eigenvalue weighted by Crippen LogP contribution is 2.26. The number of anilines is 1. The molecule has 6 nitrogen and oxygen atoms in total. The van der Waals surface area contributed by atoms with Crippen LogP contribution < -0.4 is 4.90 Å². The minimum Gasteiger partial charge on any atom is -0.476 e. The van der Waals surface area contributed by atoms with Crippen molar-refractivity contribution in [3.63, 3.8) is 0 Å². The average Bonchev–Trinajstić information content (AvgIpc) is 2.52. The van der Waals surface area contributed by atoms with Crippen molar-refractivity contribution in [2.75, 3.05) is 32.1 Å². The third-order valence-corrected chi connectivity index (χ3v) is 4.45. The number of hydrogen-bond acceptors (Lipinski definition) is 4. The van der Waals surface area contributed by atoms with Crippen molar-refractivity contribution < 1.29 is 14.7 Å². The van der Waals surface area contributed by atoms with Gasteiger partial charge in [-0.25, -0.2) is 9.78 Å². The van der Waals surface area contributed by atoms with Crippen LogP contribution in [0.2, 0.25) is 5.02 Å². The van der Waals surface area contributed by atoms with Gasteiger partial charge in [-0.15, -0.1) is 0 Å². The summed E-state index contributed by atoms with van der Waals surface area (Å²) >= 11 is 5.87. The number of amides is 1. The molecule has 1 amide bonds. The first-order valence-electron chi connectivity index (χ1n) is 7.73. The lowest BCUT2D eigenvalue weighted by Crippen LogP contribution is -2.36. The van der Waals surface area contributed by atoms with Gasteiger partial charge in [0.2, 0.25) is 5.91 Å². The molecule has 23 heavy (non-hydrogen) atoms. The van der Waals surface area contributed by atoms with E-state index in [1.165, 1.54) is 0 Å². The Morgan fingerprint density at radius 1 is 1.43 bits per heavy atom. The summed E-state index contributed by atoms with van der Waals surface area (Å²) in [5.74, 6) is 0.0655. The van der Waals surface area contributed by atoms with Crippen LogP contribution in [0.3, 0.4) is 0 Å². The first kappa shape index (κ1) is 17.5. The molecule has 1 aliphatic rings. The molecule has 1 N–H and O–H groups in total. The van der Waals surface area contributed by atoms with Crippen LogP contribution in [0.1, 0.15) is 36.2 Å². The van der Waals surface area contributed by atoms with Gasteiger partial charge in [-0.3, -0.25) is 4.79 Å². The third kappa shape index (κ3) is 4.58. The lowest BCUT2D eigenvalue weighted by molar-refractivity contribution is -0.129. The van der Waals surface area contributed by atoms with Gasteiger partial charge in [0.05, 0.1) is 5.02 Å². The first-order valence-corrected chi connectivity index (χ1v) is 8.11. The van der Waals surface area contributed by atoms with E-state index in [4.69, 9.17) is 16.7 Å². The summed E-state index contributed by atoms with van der Waals surface area (Å²) in [6.07, 6.45) is 3.47. The number of rotatable bonds is 5. The van der Waals surface area contributed by atoms with E-state index < -0.39 is 5.97 Å². The monoisotopic (exact) mass is 339 g/mol. The van der Waals surface area contributed by atoms with E-state index >= 15 is 0 Å². The first-order chi connectivity index (χ1) is 10.9. The second-order valence-corrected chi connectivity index (χ2v) is 6.49.